The molecule has 0 spiro atoms. The highest BCUT2D eigenvalue weighted by molar-refractivity contribution is 8.24. The molecule has 1 saturated heterocycles. The van der Waals surface area contributed by atoms with Crippen molar-refractivity contribution in [1.29, 1.82) is 0 Å². The molecular formula is C15H19ClN2OS2. The van der Waals surface area contributed by atoms with Gasteiger partial charge in [-0.1, -0.05) is 42.5 Å². The second kappa shape index (κ2) is 6.55. The summed E-state index contributed by atoms with van der Waals surface area (Å²) in [4.78, 5) is 2.03. The van der Waals surface area contributed by atoms with E-state index in [4.69, 9.17) is 23.8 Å². The Morgan fingerprint density at radius 2 is 2.05 bits per heavy atom. The van der Waals surface area contributed by atoms with E-state index in [0.29, 0.717) is 5.02 Å². The summed E-state index contributed by atoms with van der Waals surface area (Å²) < 4.78 is 1.58. The van der Waals surface area contributed by atoms with Crippen molar-refractivity contribution in [2.24, 2.45) is 0 Å². The minimum atomic E-state index is -0.286. The molecule has 1 atom stereocenters. The number of hydrogen-bond donors (Lipinski definition) is 0. The van der Waals surface area contributed by atoms with Crippen molar-refractivity contribution in [2.75, 3.05) is 6.54 Å². The molecule has 1 heterocycles. The van der Waals surface area contributed by atoms with Gasteiger partial charge < -0.3 is 5.21 Å². The third-order valence-electron chi connectivity index (χ3n) is 3.35. The van der Waals surface area contributed by atoms with Gasteiger partial charge in [0.15, 0.2) is 6.21 Å². The lowest BCUT2D eigenvalue weighted by Gasteiger charge is -2.29. The van der Waals surface area contributed by atoms with Crippen LogP contribution < -0.4 is 0 Å². The lowest BCUT2D eigenvalue weighted by molar-refractivity contribution is -0.523. The van der Waals surface area contributed by atoms with E-state index in [1.54, 1.807) is 30.1 Å². The monoisotopic (exact) mass is 342 g/mol. The fraction of sp³-hybridized carbons (Fsp3) is 0.467. The molecule has 114 valence electrons. The zero-order valence-electron chi connectivity index (χ0n) is 12.4. The first-order valence-corrected chi connectivity index (χ1v) is 8.51. The topological polar surface area (TPSA) is 29.3 Å². The van der Waals surface area contributed by atoms with Gasteiger partial charge in [-0.2, -0.15) is 4.74 Å². The van der Waals surface area contributed by atoms with Crippen molar-refractivity contribution in [1.82, 2.24) is 4.90 Å². The Morgan fingerprint density at radius 1 is 1.43 bits per heavy atom. The highest BCUT2D eigenvalue weighted by Crippen LogP contribution is 2.41. The van der Waals surface area contributed by atoms with Gasteiger partial charge in [0, 0.05) is 17.1 Å². The van der Waals surface area contributed by atoms with E-state index < -0.39 is 0 Å². The van der Waals surface area contributed by atoms with Crippen molar-refractivity contribution in [3.05, 3.63) is 40.1 Å². The molecule has 1 fully saturated rings. The second-order valence-corrected chi connectivity index (χ2v) is 8.30. The zero-order valence-corrected chi connectivity index (χ0v) is 14.8. The minimum Gasteiger partial charge on any atom is -0.622 e. The number of thioether (sulfide) groups is 1. The third kappa shape index (κ3) is 3.71. The largest absolute Gasteiger partial charge is 0.622 e. The van der Waals surface area contributed by atoms with Crippen molar-refractivity contribution in [3.63, 3.8) is 0 Å². The van der Waals surface area contributed by atoms with Crippen LogP contribution in [-0.2, 0) is 0 Å². The standard InChI is InChI=1S/C15H19ClN2OS2/c1-4-9-17-13(15(2,3)21-14(17)20)18(19)10-11-5-7-12(16)8-6-11/h5-8,10,13H,4,9H2,1-3H3/b18-10-. The van der Waals surface area contributed by atoms with Gasteiger partial charge in [-0.15, -0.1) is 0 Å². The third-order valence-corrected chi connectivity index (χ3v) is 5.24. The molecule has 1 aromatic rings. The number of halogens is 1. The fourth-order valence-electron chi connectivity index (χ4n) is 2.48. The van der Waals surface area contributed by atoms with E-state index in [1.165, 1.54) is 0 Å². The Kier molecular flexibility index (Phi) is 5.17. The molecule has 0 aromatic heterocycles. The lowest BCUT2D eigenvalue weighted by atomic mass is 10.1. The second-order valence-electron chi connectivity index (χ2n) is 5.58. The average Bonchev–Trinajstić information content (AvgIpc) is 2.62. The normalized spacial score (nSPS) is 21.9. The van der Waals surface area contributed by atoms with E-state index in [2.05, 4.69) is 20.8 Å². The molecule has 2 rings (SSSR count). The number of benzene rings is 1. The quantitative estimate of drug-likeness (QED) is 0.271. The molecule has 6 heteroatoms. The van der Waals surface area contributed by atoms with Crippen LogP contribution in [0.5, 0.6) is 0 Å². The van der Waals surface area contributed by atoms with Crippen LogP contribution in [0.3, 0.4) is 0 Å². The van der Waals surface area contributed by atoms with Gasteiger partial charge in [-0.3, -0.25) is 4.90 Å². The Balaban J connectivity index is 2.31. The summed E-state index contributed by atoms with van der Waals surface area (Å²) in [6.07, 6.45) is 2.28. The Morgan fingerprint density at radius 3 is 2.62 bits per heavy atom. The first-order valence-electron chi connectivity index (χ1n) is 6.90. The molecule has 0 N–H and O–H groups in total. The van der Waals surface area contributed by atoms with Crippen LogP contribution >= 0.6 is 35.6 Å². The van der Waals surface area contributed by atoms with Crippen LogP contribution in [0.25, 0.3) is 0 Å². The van der Waals surface area contributed by atoms with E-state index in [1.807, 2.05) is 17.0 Å². The van der Waals surface area contributed by atoms with E-state index in [0.717, 1.165) is 27.6 Å². The first kappa shape index (κ1) is 16.6. The maximum absolute atomic E-state index is 12.7. The van der Waals surface area contributed by atoms with Crippen molar-refractivity contribution in [2.45, 2.75) is 38.1 Å². The van der Waals surface area contributed by atoms with Gasteiger partial charge in [0.25, 0.3) is 6.17 Å². The molecule has 3 nitrogen and oxygen atoms in total. The van der Waals surface area contributed by atoms with E-state index in [-0.39, 0.29) is 10.9 Å². The highest BCUT2D eigenvalue weighted by atomic mass is 35.5. The number of nitrogens with zero attached hydrogens (tertiary/aromatic N) is 2. The molecule has 0 radical (unpaired) electrons. The Bertz CT molecular complexity index is 557. The van der Waals surface area contributed by atoms with Gasteiger partial charge >= 0.3 is 0 Å². The molecule has 0 saturated carbocycles. The Hall–Kier alpha value is -0.780. The Labute approximate surface area is 140 Å². The predicted molar refractivity (Wildman–Crippen MR) is 95.3 cm³/mol. The van der Waals surface area contributed by atoms with Crippen LogP contribution in [0.4, 0.5) is 0 Å². The van der Waals surface area contributed by atoms with Crippen LogP contribution in [0.15, 0.2) is 24.3 Å². The number of thiocarbonyl (C=S) groups is 1. The summed E-state index contributed by atoms with van der Waals surface area (Å²) in [7, 11) is 0. The van der Waals surface area contributed by atoms with Crippen molar-refractivity contribution < 1.29 is 4.74 Å². The van der Waals surface area contributed by atoms with Crippen molar-refractivity contribution >= 4 is 46.1 Å². The van der Waals surface area contributed by atoms with Gasteiger partial charge in [-0.25, -0.2) is 0 Å². The van der Waals surface area contributed by atoms with Crippen molar-refractivity contribution in [3.8, 4) is 0 Å². The molecule has 0 aliphatic carbocycles. The van der Waals surface area contributed by atoms with Gasteiger partial charge in [-0.05, 0) is 44.5 Å². The first-order chi connectivity index (χ1) is 9.85. The summed E-state index contributed by atoms with van der Waals surface area (Å²) in [5.41, 5.74) is 0.837. The summed E-state index contributed by atoms with van der Waals surface area (Å²) in [5.74, 6) is 0. The van der Waals surface area contributed by atoms with Gasteiger partial charge in [0.1, 0.15) is 9.07 Å². The summed E-state index contributed by atoms with van der Waals surface area (Å²) in [5, 5.41) is 13.3. The molecular weight excluding hydrogens is 324 g/mol. The maximum atomic E-state index is 12.7. The fourth-order valence-corrected chi connectivity index (χ4v) is 4.53. The molecule has 1 aliphatic heterocycles. The van der Waals surface area contributed by atoms with E-state index in [9.17, 15) is 5.21 Å². The zero-order chi connectivity index (χ0) is 15.6. The van der Waals surface area contributed by atoms with Gasteiger partial charge in [0.05, 0.1) is 0 Å². The van der Waals surface area contributed by atoms with Crippen LogP contribution in [0, 0.1) is 5.21 Å². The van der Waals surface area contributed by atoms with E-state index >= 15 is 0 Å². The number of rotatable bonds is 4. The van der Waals surface area contributed by atoms with Crippen LogP contribution in [0.1, 0.15) is 32.8 Å². The summed E-state index contributed by atoms with van der Waals surface area (Å²) >= 11 is 12.9. The van der Waals surface area contributed by atoms with Gasteiger partial charge in [0.2, 0.25) is 0 Å². The highest BCUT2D eigenvalue weighted by Gasteiger charge is 2.49. The average molecular weight is 343 g/mol. The molecule has 1 unspecified atom stereocenters. The molecule has 0 amide bonds. The molecule has 0 bridgehead atoms. The maximum Gasteiger partial charge on any atom is 0.254 e. The molecule has 1 aliphatic rings. The predicted octanol–water partition coefficient (Wildman–Crippen LogP) is 4.12. The summed E-state index contributed by atoms with van der Waals surface area (Å²) in [6, 6.07) is 7.24. The smallest absolute Gasteiger partial charge is 0.254 e. The van der Waals surface area contributed by atoms with Crippen LogP contribution in [-0.4, -0.2) is 37.6 Å². The SMILES string of the molecule is CCCN1C(=S)SC(C)(C)C1/[N+]([O-])=C/c1ccc(Cl)cc1. The molecule has 21 heavy (non-hydrogen) atoms. The van der Waals surface area contributed by atoms with Crippen LogP contribution in [0.2, 0.25) is 5.02 Å². The number of hydroxylamine groups is 1. The summed E-state index contributed by atoms with van der Waals surface area (Å²) in [6.45, 7) is 7.01. The lowest BCUT2D eigenvalue weighted by Crippen LogP contribution is -2.48. The molecule has 1 aromatic carbocycles. The number of hydrogen-bond acceptors (Lipinski definition) is 3. The minimum absolute atomic E-state index is 0.239.